The van der Waals surface area contributed by atoms with E-state index in [1.54, 1.807) is 30.3 Å². The minimum absolute atomic E-state index is 0.118. The van der Waals surface area contributed by atoms with Crippen molar-refractivity contribution in [2.45, 2.75) is 12.1 Å². The number of hydrogen-bond donors (Lipinski definition) is 4. The highest BCUT2D eigenvalue weighted by Gasteiger charge is 2.23. The summed E-state index contributed by atoms with van der Waals surface area (Å²) < 4.78 is 4.95. The number of rotatable bonds is 5. The Morgan fingerprint density at radius 3 is 2.55 bits per heavy atom. The van der Waals surface area contributed by atoms with Crippen LogP contribution in [0.25, 0.3) is 0 Å². The maximum Gasteiger partial charge on any atom is 0.287 e. The molecule has 6 heteroatoms. The average Bonchev–Trinajstić information content (AvgIpc) is 2.99. The smallest absolute Gasteiger partial charge is 0.287 e. The van der Waals surface area contributed by atoms with Crippen LogP contribution in [0.15, 0.2) is 47.1 Å². The summed E-state index contributed by atoms with van der Waals surface area (Å²) in [5.41, 5.74) is 6.69. The number of anilines is 1. The lowest BCUT2D eigenvalue weighted by Crippen LogP contribution is -2.41. The van der Waals surface area contributed by atoms with E-state index < -0.39 is 24.7 Å². The van der Waals surface area contributed by atoms with E-state index in [1.165, 1.54) is 12.3 Å². The fraction of sp³-hybridized carbons (Fsp3) is 0.214. The van der Waals surface area contributed by atoms with E-state index in [2.05, 4.69) is 5.32 Å². The molecule has 0 aliphatic heterocycles. The fourth-order valence-corrected chi connectivity index (χ4v) is 1.80. The molecule has 106 valence electrons. The van der Waals surface area contributed by atoms with Crippen molar-refractivity contribution in [2.75, 3.05) is 12.3 Å². The first-order valence-corrected chi connectivity index (χ1v) is 6.10. The van der Waals surface area contributed by atoms with E-state index in [9.17, 15) is 15.0 Å². The maximum absolute atomic E-state index is 11.8. The zero-order valence-corrected chi connectivity index (χ0v) is 10.7. The Kier molecular flexibility index (Phi) is 4.39. The number of nitrogens with two attached hydrogens (primary N) is 1. The highest BCUT2D eigenvalue weighted by atomic mass is 16.3. The van der Waals surface area contributed by atoms with Gasteiger partial charge < -0.3 is 25.7 Å². The zero-order valence-electron chi connectivity index (χ0n) is 10.7. The van der Waals surface area contributed by atoms with Gasteiger partial charge in [-0.2, -0.15) is 0 Å². The van der Waals surface area contributed by atoms with Crippen molar-refractivity contribution < 1.29 is 19.4 Å². The van der Waals surface area contributed by atoms with Crippen molar-refractivity contribution in [3.63, 3.8) is 0 Å². The molecule has 1 aromatic carbocycles. The Morgan fingerprint density at radius 1 is 1.30 bits per heavy atom. The number of amides is 1. The predicted octanol–water partition coefficient (Wildman–Crippen LogP) is 0.686. The third-order valence-corrected chi connectivity index (χ3v) is 2.92. The van der Waals surface area contributed by atoms with Crippen molar-refractivity contribution in [1.82, 2.24) is 5.32 Å². The second-order valence-electron chi connectivity index (χ2n) is 4.35. The minimum Gasteiger partial charge on any atom is -0.459 e. The number of aliphatic hydroxyl groups excluding tert-OH is 2. The Balaban J connectivity index is 2.07. The zero-order chi connectivity index (χ0) is 14.5. The van der Waals surface area contributed by atoms with Crippen molar-refractivity contribution in [2.24, 2.45) is 0 Å². The van der Waals surface area contributed by atoms with Crippen molar-refractivity contribution in [3.05, 3.63) is 54.0 Å². The Bertz CT molecular complexity index is 551. The van der Waals surface area contributed by atoms with E-state index in [0.29, 0.717) is 11.3 Å². The molecule has 0 aliphatic rings. The van der Waals surface area contributed by atoms with Crippen LogP contribution in [-0.2, 0) is 0 Å². The average molecular weight is 276 g/mol. The molecule has 0 spiro atoms. The minimum atomic E-state index is -1.04. The largest absolute Gasteiger partial charge is 0.459 e. The summed E-state index contributed by atoms with van der Waals surface area (Å²) in [6.07, 6.45) is 0.332. The van der Waals surface area contributed by atoms with Gasteiger partial charge in [0, 0.05) is 5.69 Å². The lowest BCUT2D eigenvalue weighted by atomic mass is 10.0. The Hall–Kier alpha value is -2.31. The van der Waals surface area contributed by atoms with Gasteiger partial charge in [-0.05, 0) is 29.8 Å². The maximum atomic E-state index is 11.8. The van der Waals surface area contributed by atoms with Crippen molar-refractivity contribution in [3.8, 4) is 0 Å². The van der Waals surface area contributed by atoms with E-state index >= 15 is 0 Å². The number of nitrogens with one attached hydrogen (secondary N) is 1. The third-order valence-electron chi connectivity index (χ3n) is 2.92. The molecule has 1 aromatic heterocycles. The summed E-state index contributed by atoms with van der Waals surface area (Å²) >= 11 is 0. The first kappa shape index (κ1) is 14.1. The van der Waals surface area contributed by atoms with E-state index in [-0.39, 0.29) is 5.76 Å². The molecule has 0 radical (unpaired) electrons. The molecule has 2 rings (SSSR count). The number of aliphatic hydroxyl groups is 2. The predicted molar refractivity (Wildman–Crippen MR) is 72.9 cm³/mol. The second kappa shape index (κ2) is 6.23. The van der Waals surface area contributed by atoms with Crippen LogP contribution in [0.5, 0.6) is 0 Å². The number of furan rings is 1. The molecule has 1 amide bonds. The molecule has 2 aromatic rings. The normalized spacial score (nSPS) is 13.7. The van der Waals surface area contributed by atoms with Crippen LogP contribution in [0.3, 0.4) is 0 Å². The van der Waals surface area contributed by atoms with Gasteiger partial charge in [-0.25, -0.2) is 0 Å². The second-order valence-corrected chi connectivity index (χ2v) is 4.35. The van der Waals surface area contributed by atoms with Gasteiger partial charge in [0.15, 0.2) is 5.76 Å². The first-order chi connectivity index (χ1) is 9.61. The molecule has 0 fully saturated rings. The molecular weight excluding hydrogens is 260 g/mol. The van der Waals surface area contributed by atoms with E-state index in [0.717, 1.165) is 0 Å². The Morgan fingerprint density at radius 2 is 2.00 bits per heavy atom. The molecule has 5 N–H and O–H groups in total. The van der Waals surface area contributed by atoms with Gasteiger partial charge in [0.2, 0.25) is 0 Å². The molecule has 20 heavy (non-hydrogen) atoms. The quantitative estimate of drug-likeness (QED) is 0.601. The van der Waals surface area contributed by atoms with Gasteiger partial charge in [-0.15, -0.1) is 0 Å². The standard InChI is InChI=1S/C14H16N2O4/c15-10-5-3-9(4-6-10)13(18)11(8-17)16-14(19)12-2-1-7-20-12/h1-7,11,13,17-18H,8,15H2,(H,16,19). The highest BCUT2D eigenvalue weighted by Crippen LogP contribution is 2.18. The Labute approximate surface area is 115 Å². The molecule has 0 saturated heterocycles. The number of hydrogen-bond acceptors (Lipinski definition) is 5. The molecule has 2 atom stereocenters. The number of nitrogen functional groups attached to an aromatic ring is 1. The van der Waals surface area contributed by atoms with Crippen LogP contribution < -0.4 is 11.1 Å². The SMILES string of the molecule is Nc1ccc(C(O)C(CO)NC(=O)c2ccco2)cc1. The van der Waals surface area contributed by atoms with Gasteiger partial charge in [0.05, 0.1) is 18.9 Å². The topological polar surface area (TPSA) is 109 Å². The first-order valence-electron chi connectivity index (χ1n) is 6.10. The molecule has 0 saturated carbocycles. The summed E-state index contributed by atoms with van der Waals surface area (Å²) in [5.74, 6) is -0.378. The lowest BCUT2D eigenvalue weighted by molar-refractivity contribution is 0.0684. The summed E-state index contributed by atoms with van der Waals surface area (Å²) in [6, 6.07) is 8.81. The van der Waals surface area contributed by atoms with Gasteiger partial charge in [-0.3, -0.25) is 4.79 Å². The molecule has 0 aliphatic carbocycles. The van der Waals surface area contributed by atoms with Crippen LogP contribution in [0.1, 0.15) is 22.2 Å². The molecular formula is C14H16N2O4. The van der Waals surface area contributed by atoms with Gasteiger partial charge in [0.25, 0.3) is 5.91 Å². The molecule has 1 heterocycles. The van der Waals surface area contributed by atoms with Crippen LogP contribution >= 0.6 is 0 Å². The fourth-order valence-electron chi connectivity index (χ4n) is 1.80. The summed E-state index contributed by atoms with van der Waals surface area (Å²) in [4.78, 5) is 11.8. The summed E-state index contributed by atoms with van der Waals surface area (Å²) in [7, 11) is 0. The summed E-state index contributed by atoms with van der Waals surface area (Å²) in [5, 5.41) is 22.0. The van der Waals surface area contributed by atoms with Gasteiger partial charge >= 0.3 is 0 Å². The van der Waals surface area contributed by atoms with E-state index in [4.69, 9.17) is 10.2 Å². The van der Waals surface area contributed by atoms with Crippen LogP contribution in [-0.4, -0.2) is 28.8 Å². The van der Waals surface area contributed by atoms with Gasteiger partial charge in [0.1, 0.15) is 6.10 Å². The van der Waals surface area contributed by atoms with Crippen LogP contribution in [0.4, 0.5) is 5.69 Å². The van der Waals surface area contributed by atoms with Gasteiger partial charge in [-0.1, -0.05) is 12.1 Å². The van der Waals surface area contributed by atoms with E-state index in [1.807, 2.05) is 0 Å². The number of carbonyl (C=O) groups is 1. The molecule has 2 unspecified atom stereocenters. The van der Waals surface area contributed by atoms with Crippen molar-refractivity contribution in [1.29, 1.82) is 0 Å². The summed E-state index contributed by atoms with van der Waals surface area (Å²) in [6.45, 7) is -0.405. The van der Waals surface area contributed by atoms with Crippen LogP contribution in [0.2, 0.25) is 0 Å². The highest BCUT2D eigenvalue weighted by molar-refractivity contribution is 5.91. The lowest BCUT2D eigenvalue weighted by Gasteiger charge is -2.22. The number of carbonyl (C=O) groups excluding carboxylic acids is 1. The molecule has 6 nitrogen and oxygen atoms in total. The monoisotopic (exact) mass is 276 g/mol. The van der Waals surface area contributed by atoms with Crippen molar-refractivity contribution >= 4 is 11.6 Å². The third kappa shape index (κ3) is 3.17. The number of benzene rings is 1. The van der Waals surface area contributed by atoms with Crippen LogP contribution in [0, 0.1) is 0 Å². The molecule has 0 bridgehead atoms.